The second kappa shape index (κ2) is 7.35. The Morgan fingerprint density at radius 3 is 2.39 bits per heavy atom. The Morgan fingerprint density at radius 1 is 1.13 bits per heavy atom. The van der Waals surface area contributed by atoms with E-state index in [1.165, 1.54) is 12.1 Å². The summed E-state index contributed by atoms with van der Waals surface area (Å²) in [7, 11) is 4.01. The molecule has 5 nitrogen and oxygen atoms in total. The first-order chi connectivity index (χ1) is 11.0. The molecule has 5 heteroatoms. The zero-order valence-corrected chi connectivity index (χ0v) is 13.4. The van der Waals surface area contributed by atoms with Gasteiger partial charge in [0.1, 0.15) is 0 Å². The van der Waals surface area contributed by atoms with Crippen LogP contribution in [0, 0.1) is 17.0 Å². The van der Waals surface area contributed by atoms with Crippen LogP contribution in [0.25, 0.3) is 6.08 Å². The molecule has 0 aromatic heterocycles. The predicted molar refractivity (Wildman–Crippen MR) is 95.8 cm³/mol. The van der Waals surface area contributed by atoms with Crippen molar-refractivity contribution in [2.45, 2.75) is 6.92 Å². The topological polar surface area (TPSA) is 58.7 Å². The highest BCUT2D eigenvalue weighted by atomic mass is 16.6. The van der Waals surface area contributed by atoms with Gasteiger partial charge in [-0.25, -0.2) is 0 Å². The molecule has 0 radical (unpaired) electrons. The van der Waals surface area contributed by atoms with Crippen molar-refractivity contribution in [1.29, 1.82) is 0 Å². The van der Waals surface area contributed by atoms with Gasteiger partial charge < -0.3 is 4.90 Å². The number of non-ortho nitro benzene ring substituents is 1. The lowest BCUT2D eigenvalue weighted by atomic mass is 10.2. The highest BCUT2D eigenvalue weighted by Crippen LogP contribution is 2.23. The number of nitrogens with zero attached hydrogens (tertiary/aromatic N) is 3. The van der Waals surface area contributed by atoms with Gasteiger partial charge >= 0.3 is 0 Å². The summed E-state index contributed by atoms with van der Waals surface area (Å²) in [6.45, 7) is 1.81. The number of aliphatic imine (C=N–C) groups is 1. The Bertz CT molecular complexity index is 747. The standard InChI is InChI=1S/C18H19N3O2/c1-14-13-17(21(22)23)10-11-18(14)19-12-4-5-15-6-8-16(9-7-15)20(2)3/h4-13H,1-3H3/b5-4+,19-12?. The van der Waals surface area contributed by atoms with Gasteiger partial charge in [0.2, 0.25) is 0 Å². The zero-order chi connectivity index (χ0) is 16.8. The Balaban J connectivity index is 2.05. The van der Waals surface area contributed by atoms with Crippen LogP contribution in [-0.4, -0.2) is 25.2 Å². The van der Waals surface area contributed by atoms with Crippen molar-refractivity contribution in [1.82, 2.24) is 0 Å². The maximum Gasteiger partial charge on any atom is 0.269 e. The molecule has 2 aromatic rings. The number of rotatable bonds is 5. The quantitative estimate of drug-likeness (QED) is 0.467. The Labute approximate surface area is 135 Å². The smallest absolute Gasteiger partial charge is 0.269 e. The molecule has 0 aliphatic carbocycles. The number of nitro benzene ring substituents is 1. The number of aryl methyl sites for hydroxylation is 1. The van der Waals surface area contributed by atoms with Gasteiger partial charge in [-0.15, -0.1) is 0 Å². The molecule has 0 aliphatic heterocycles. The van der Waals surface area contributed by atoms with Crippen LogP contribution in [0.3, 0.4) is 0 Å². The summed E-state index contributed by atoms with van der Waals surface area (Å²) < 4.78 is 0. The maximum absolute atomic E-state index is 10.7. The van der Waals surface area contributed by atoms with Crippen molar-refractivity contribution in [3.05, 3.63) is 69.8 Å². The molecular formula is C18H19N3O2. The van der Waals surface area contributed by atoms with E-state index in [0.717, 1.165) is 22.5 Å². The fraction of sp³-hybridized carbons (Fsp3) is 0.167. The fourth-order valence-electron chi connectivity index (χ4n) is 2.06. The molecule has 0 heterocycles. The van der Waals surface area contributed by atoms with E-state index in [2.05, 4.69) is 17.1 Å². The normalized spacial score (nSPS) is 11.3. The van der Waals surface area contributed by atoms with Crippen LogP contribution in [0.4, 0.5) is 17.1 Å². The minimum Gasteiger partial charge on any atom is -0.378 e. The van der Waals surface area contributed by atoms with Crippen molar-refractivity contribution in [2.24, 2.45) is 4.99 Å². The summed E-state index contributed by atoms with van der Waals surface area (Å²) in [6.07, 6.45) is 5.50. The molecule has 0 atom stereocenters. The largest absolute Gasteiger partial charge is 0.378 e. The average Bonchev–Trinajstić information content (AvgIpc) is 2.53. The first-order valence-corrected chi connectivity index (χ1v) is 7.20. The van der Waals surface area contributed by atoms with Crippen LogP contribution in [0.15, 0.2) is 53.5 Å². The van der Waals surface area contributed by atoms with E-state index in [0.29, 0.717) is 0 Å². The van der Waals surface area contributed by atoms with Crippen LogP contribution < -0.4 is 4.90 Å². The lowest BCUT2D eigenvalue weighted by Gasteiger charge is -2.11. The van der Waals surface area contributed by atoms with E-state index in [-0.39, 0.29) is 5.69 Å². The third kappa shape index (κ3) is 4.51. The van der Waals surface area contributed by atoms with Crippen molar-refractivity contribution in [3.8, 4) is 0 Å². The van der Waals surface area contributed by atoms with Gasteiger partial charge in [-0.3, -0.25) is 15.1 Å². The third-order valence-electron chi connectivity index (χ3n) is 3.39. The first-order valence-electron chi connectivity index (χ1n) is 7.20. The third-order valence-corrected chi connectivity index (χ3v) is 3.39. The zero-order valence-electron chi connectivity index (χ0n) is 13.4. The second-order valence-corrected chi connectivity index (χ2v) is 5.35. The van der Waals surface area contributed by atoms with E-state index in [9.17, 15) is 10.1 Å². The van der Waals surface area contributed by atoms with E-state index in [1.54, 1.807) is 12.3 Å². The van der Waals surface area contributed by atoms with E-state index >= 15 is 0 Å². The number of nitro groups is 1. The van der Waals surface area contributed by atoms with Gasteiger partial charge in [-0.05, 0) is 42.3 Å². The second-order valence-electron chi connectivity index (χ2n) is 5.35. The van der Waals surface area contributed by atoms with Crippen molar-refractivity contribution in [2.75, 3.05) is 19.0 Å². The molecule has 0 unspecified atom stereocenters. The minimum atomic E-state index is -0.405. The summed E-state index contributed by atoms with van der Waals surface area (Å²) in [5.41, 5.74) is 3.82. The molecule has 0 amide bonds. The molecule has 2 aromatic carbocycles. The minimum absolute atomic E-state index is 0.0815. The van der Waals surface area contributed by atoms with Gasteiger partial charge in [0.15, 0.2) is 0 Å². The summed E-state index contributed by atoms with van der Waals surface area (Å²) in [4.78, 5) is 16.7. The van der Waals surface area contributed by atoms with E-state index < -0.39 is 4.92 Å². The monoisotopic (exact) mass is 309 g/mol. The first kappa shape index (κ1) is 16.4. The average molecular weight is 309 g/mol. The van der Waals surface area contributed by atoms with Gasteiger partial charge in [-0.1, -0.05) is 18.2 Å². The van der Waals surface area contributed by atoms with Crippen molar-refractivity contribution in [3.63, 3.8) is 0 Å². The molecule has 118 valence electrons. The van der Waals surface area contributed by atoms with Gasteiger partial charge in [0.05, 0.1) is 10.6 Å². The van der Waals surface area contributed by atoms with Crippen LogP contribution >= 0.6 is 0 Å². The van der Waals surface area contributed by atoms with Gasteiger partial charge in [-0.2, -0.15) is 0 Å². The SMILES string of the molecule is Cc1cc([N+](=O)[O-])ccc1N=C/C=C/c1ccc(N(C)C)cc1. The number of benzene rings is 2. The summed E-state index contributed by atoms with van der Waals surface area (Å²) in [5, 5.41) is 10.7. The number of hydrogen-bond donors (Lipinski definition) is 0. The van der Waals surface area contributed by atoms with Gasteiger partial charge in [0, 0.05) is 38.1 Å². The molecule has 2 rings (SSSR count). The molecule has 0 aliphatic rings. The van der Waals surface area contributed by atoms with Crippen molar-refractivity contribution < 1.29 is 4.92 Å². The Morgan fingerprint density at radius 2 is 1.83 bits per heavy atom. The van der Waals surface area contributed by atoms with Crippen LogP contribution in [0.1, 0.15) is 11.1 Å². The van der Waals surface area contributed by atoms with E-state index in [1.807, 2.05) is 50.2 Å². The van der Waals surface area contributed by atoms with Gasteiger partial charge in [0.25, 0.3) is 5.69 Å². The molecule has 0 bridgehead atoms. The lowest BCUT2D eigenvalue weighted by molar-refractivity contribution is -0.384. The molecular weight excluding hydrogens is 290 g/mol. The molecule has 0 saturated carbocycles. The fourth-order valence-corrected chi connectivity index (χ4v) is 2.06. The predicted octanol–water partition coefficient (Wildman–Crippen LogP) is 4.38. The number of hydrogen-bond acceptors (Lipinski definition) is 4. The van der Waals surface area contributed by atoms with Crippen molar-refractivity contribution >= 4 is 29.4 Å². The van der Waals surface area contributed by atoms with Crippen LogP contribution in [-0.2, 0) is 0 Å². The Hall–Kier alpha value is -2.95. The molecule has 0 N–H and O–H groups in total. The van der Waals surface area contributed by atoms with Crippen LogP contribution in [0.2, 0.25) is 0 Å². The summed E-state index contributed by atoms with van der Waals surface area (Å²) in [6, 6.07) is 12.8. The summed E-state index contributed by atoms with van der Waals surface area (Å²) >= 11 is 0. The highest BCUT2D eigenvalue weighted by molar-refractivity contribution is 5.81. The number of allylic oxidation sites excluding steroid dienone is 1. The molecule has 0 fully saturated rings. The number of anilines is 1. The molecule has 0 spiro atoms. The molecule has 23 heavy (non-hydrogen) atoms. The highest BCUT2D eigenvalue weighted by Gasteiger charge is 2.06. The lowest BCUT2D eigenvalue weighted by Crippen LogP contribution is -2.07. The Kier molecular flexibility index (Phi) is 5.25. The molecule has 0 saturated heterocycles. The van der Waals surface area contributed by atoms with Crippen LogP contribution in [0.5, 0.6) is 0 Å². The maximum atomic E-state index is 10.7. The summed E-state index contributed by atoms with van der Waals surface area (Å²) in [5.74, 6) is 0. The van der Waals surface area contributed by atoms with E-state index in [4.69, 9.17) is 0 Å².